The zero-order valence-corrected chi connectivity index (χ0v) is 18.1. The van der Waals surface area contributed by atoms with Gasteiger partial charge in [0.15, 0.2) is 17.5 Å². The van der Waals surface area contributed by atoms with Crippen LogP contribution in [0.2, 0.25) is 0 Å². The van der Waals surface area contributed by atoms with Crippen molar-refractivity contribution >= 4 is 33.9 Å². The number of aliphatic hydroxyl groups excluding tert-OH is 1. The summed E-state index contributed by atoms with van der Waals surface area (Å²) in [6.07, 6.45) is 4.67. The maximum atomic E-state index is 9.77. The fourth-order valence-corrected chi connectivity index (χ4v) is 4.55. The van der Waals surface area contributed by atoms with E-state index in [1.807, 2.05) is 13.0 Å². The van der Waals surface area contributed by atoms with E-state index in [9.17, 15) is 5.11 Å². The number of fused-ring (bicyclic) bond motifs is 2. The molecule has 0 atom stereocenters. The Morgan fingerprint density at radius 2 is 2.13 bits per heavy atom. The average molecular weight is 437 g/mol. The predicted molar refractivity (Wildman–Crippen MR) is 123 cm³/mol. The molecule has 0 radical (unpaired) electrons. The summed E-state index contributed by atoms with van der Waals surface area (Å²) < 4.78 is 5.96. The first-order chi connectivity index (χ1) is 15.2. The molecule has 0 saturated heterocycles. The van der Waals surface area contributed by atoms with Crippen molar-refractivity contribution in [3.63, 3.8) is 0 Å². The number of ether oxygens (including phenoxy) is 1. The van der Waals surface area contributed by atoms with Crippen LogP contribution in [0.25, 0.3) is 21.6 Å². The predicted octanol–water partition coefficient (Wildman–Crippen LogP) is 3.24. The number of rotatable bonds is 7. The van der Waals surface area contributed by atoms with Gasteiger partial charge >= 0.3 is 0 Å². The van der Waals surface area contributed by atoms with Gasteiger partial charge in [0.2, 0.25) is 5.75 Å². The zero-order chi connectivity index (χ0) is 21.2. The van der Waals surface area contributed by atoms with E-state index in [1.54, 1.807) is 17.5 Å². The summed E-state index contributed by atoms with van der Waals surface area (Å²) in [6.45, 7) is 4.38. The number of aryl methyl sites for hydroxylation is 1. The van der Waals surface area contributed by atoms with Gasteiger partial charge in [0.25, 0.3) is 0 Å². The fraction of sp³-hybridized carbons (Fsp3) is 0.318. The van der Waals surface area contributed by atoms with Crippen molar-refractivity contribution in [1.82, 2.24) is 19.9 Å². The molecule has 1 aromatic carbocycles. The molecule has 3 aromatic heterocycles. The third kappa shape index (κ3) is 3.94. The van der Waals surface area contributed by atoms with Gasteiger partial charge in [0, 0.05) is 36.4 Å². The van der Waals surface area contributed by atoms with Crippen LogP contribution in [0.15, 0.2) is 36.7 Å². The molecule has 9 heteroatoms. The van der Waals surface area contributed by atoms with E-state index in [4.69, 9.17) is 9.72 Å². The lowest BCUT2D eigenvalue weighted by atomic mass is 10.1. The van der Waals surface area contributed by atoms with Gasteiger partial charge < -0.3 is 25.0 Å². The van der Waals surface area contributed by atoms with Crippen LogP contribution in [-0.2, 0) is 6.42 Å². The van der Waals surface area contributed by atoms with Crippen LogP contribution in [0.4, 0.5) is 11.6 Å². The second-order valence-electron chi connectivity index (χ2n) is 7.39. The van der Waals surface area contributed by atoms with Crippen molar-refractivity contribution in [2.75, 3.05) is 43.1 Å². The number of para-hydroxylation sites is 1. The number of hydrogen-bond donors (Lipinski definition) is 3. The Hall–Kier alpha value is -3.17. The SMILES string of the molecule is Cc1ncc(-c2nc3c(c(N(CCO)CCc4c[nH]c5ccccc45)n2)OCCN3)s1. The van der Waals surface area contributed by atoms with Gasteiger partial charge in [-0.15, -0.1) is 11.3 Å². The number of hydrogen-bond acceptors (Lipinski definition) is 8. The first-order valence-electron chi connectivity index (χ1n) is 10.4. The minimum absolute atomic E-state index is 0.0229. The van der Waals surface area contributed by atoms with E-state index in [1.165, 1.54) is 10.9 Å². The maximum Gasteiger partial charge on any atom is 0.204 e. The molecule has 0 aliphatic carbocycles. The molecule has 1 aliphatic rings. The van der Waals surface area contributed by atoms with Gasteiger partial charge in [0.1, 0.15) is 6.61 Å². The molecule has 3 N–H and O–H groups in total. The van der Waals surface area contributed by atoms with Crippen LogP contribution >= 0.6 is 11.3 Å². The molecule has 0 saturated carbocycles. The minimum Gasteiger partial charge on any atom is -0.485 e. The molecule has 4 heterocycles. The number of H-pyrrole nitrogens is 1. The van der Waals surface area contributed by atoms with Crippen molar-refractivity contribution in [3.05, 3.63) is 47.2 Å². The van der Waals surface area contributed by atoms with Gasteiger partial charge in [0.05, 0.1) is 23.0 Å². The number of benzene rings is 1. The number of thiazole rings is 1. The third-order valence-electron chi connectivity index (χ3n) is 5.33. The molecule has 4 aromatic rings. The van der Waals surface area contributed by atoms with Gasteiger partial charge in [-0.3, -0.25) is 0 Å². The van der Waals surface area contributed by atoms with Gasteiger partial charge in [-0.2, -0.15) is 0 Å². The standard InChI is InChI=1S/C22H24N6O2S/c1-14-24-13-18(31-14)20-26-21-19(30-11-7-23-21)22(27-20)28(9-10-29)8-6-15-12-25-17-5-3-2-4-16(15)17/h2-5,12-13,25,29H,6-11H2,1H3,(H,23,26,27). The average Bonchev–Trinajstić information content (AvgIpc) is 3.42. The molecule has 0 bridgehead atoms. The summed E-state index contributed by atoms with van der Waals surface area (Å²) in [5.41, 5.74) is 2.36. The highest BCUT2D eigenvalue weighted by atomic mass is 32.1. The number of aliphatic hydroxyl groups is 1. The molecule has 1 aliphatic heterocycles. The normalized spacial score (nSPS) is 13.0. The smallest absolute Gasteiger partial charge is 0.204 e. The van der Waals surface area contributed by atoms with E-state index < -0.39 is 0 Å². The van der Waals surface area contributed by atoms with Gasteiger partial charge in [-0.05, 0) is 25.0 Å². The van der Waals surface area contributed by atoms with Gasteiger partial charge in [-0.25, -0.2) is 15.0 Å². The lowest BCUT2D eigenvalue weighted by Crippen LogP contribution is -2.32. The molecule has 160 valence electrons. The zero-order valence-electron chi connectivity index (χ0n) is 17.3. The van der Waals surface area contributed by atoms with Crippen LogP contribution in [-0.4, -0.2) is 57.9 Å². The van der Waals surface area contributed by atoms with Crippen LogP contribution in [0.1, 0.15) is 10.6 Å². The summed E-state index contributed by atoms with van der Waals surface area (Å²) >= 11 is 1.56. The topological polar surface area (TPSA) is 99.2 Å². The van der Waals surface area contributed by atoms with Crippen molar-refractivity contribution in [2.45, 2.75) is 13.3 Å². The molecule has 8 nitrogen and oxygen atoms in total. The monoisotopic (exact) mass is 436 g/mol. The maximum absolute atomic E-state index is 9.77. The van der Waals surface area contributed by atoms with Crippen molar-refractivity contribution < 1.29 is 9.84 Å². The highest BCUT2D eigenvalue weighted by Gasteiger charge is 2.24. The summed E-state index contributed by atoms with van der Waals surface area (Å²) in [4.78, 5) is 20.2. The number of nitrogens with one attached hydrogen (secondary N) is 2. The minimum atomic E-state index is 0.0229. The molecule has 5 rings (SSSR count). The van der Waals surface area contributed by atoms with E-state index in [-0.39, 0.29) is 6.61 Å². The Balaban J connectivity index is 1.50. The van der Waals surface area contributed by atoms with Crippen molar-refractivity contribution in [3.8, 4) is 16.5 Å². The Morgan fingerprint density at radius 1 is 1.23 bits per heavy atom. The van der Waals surface area contributed by atoms with Crippen LogP contribution in [0.3, 0.4) is 0 Å². The summed E-state index contributed by atoms with van der Waals surface area (Å²) in [6, 6.07) is 8.28. The summed E-state index contributed by atoms with van der Waals surface area (Å²) in [5.74, 6) is 2.65. The molecule has 0 fully saturated rings. The highest BCUT2D eigenvalue weighted by molar-refractivity contribution is 7.14. The largest absolute Gasteiger partial charge is 0.485 e. The Kier molecular flexibility index (Phi) is 5.44. The lowest BCUT2D eigenvalue weighted by molar-refractivity contribution is 0.298. The third-order valence-corrected chi connectivity index (χ3v) is 6.23. The number of anilines is 2. The quantitative estimate of drug-likeness (QED) is 0.409. The fourth-order valence-electron chi connectivity index (χ4n) is 3.84. The summed E-state index contributed by atoms with van der Waals surface area (Å²) in [5, 5.41) is 15.3. The van der Waals surface area contributed by atoms with E-state index in [0.29, 0.717) is 49.5 Å². The van der Waals surface area contributed by atoms with Crippen molar-refractivity contribution in [1.29, 1.82) is 0 Å². The summed E-state index contributed by atoms with van der Waals surface area (Å²) in [7, 11) is 0. The van der Waals surface area contributed by atoms with Crippen LogP contribution in [0.5, 0.6) is 5.75 Å². The number of aromatic amines is 1. The molecule has 31 heavy (non-hydrogen) atoms. The molecular weight excluding hydrogens is 412 g/mol. The molecule has 0 amide bonds. The van der Waals surface area contributed by atoms with Crippen molar-refractivity contribution in [2.24, 2.45) is 0 Å². The first-order valence-corrected chi connectivity index (χ1v) is 11.2. The first kappa shape index (κ1) is 19.8. The van der Waals surface area contributed by atoms with E-state index in [0.717, 1.165) is 21.8 Å². The number of aromatic nitrogens is 4. The van der Waals surface area contributed by atoms with Crippen LogP contribution in [0, 0.1) is 6.92 Å². The molecule has 0 unspecified atom stereocenters. The molecular formula is C22H24N6O2S. The second-order valence-corrected chi connectivity index (χ2v) is 8.62. The van der Waals surface area contributed by atoms with Crippen LogP contribution < -0.4 is 15.0 Å². The van der Waals surface area contributed by atoms with E-state index in [2.05, 4.69) is 49.6 Å². The Labute approximate surface area is 184 Å². The lowest BCUT2D eigenvalue weighted by Gasteiger charge is -2.28. The Bertz CT molecular complexity index is 1200. The Morgan fingerprint density at radius 3 is 2.97 bits per heavy atom. The number of nitrogens with zero attached hydrogens (tertiary/aromatic N) is 4. The highest BCUT2D eigenvalue weighted by Crippen LogP contribution is 2.38. The molecule has 0 spiro atoms. The van der Waals surface area contributed by atoms with Gasteiger partial charge in [-0.1, -0.05) is 18.2 Å². The van der Waals surface area contributed by atoms with E-state index >= 15 is 0 Å². The second kappa shape index (κ2) is 8.52.